The summed E-state index contributed by atoms with van der Waals surface area (Å²) in [6.45, 7) is 7.19. The van der Waals surface area contributed by atoms with Crippen molar-refractivity contribution in [3.8, 4) is 0 Å². The van der Waals surface area contributed by atoms with Crippen molar-refractivity contribution in [1.82, 2.24) is 10.2 Å². The van der Waals surface area contributed by atoms with E-state index in [4.69, 9.17) is 11.6 Å². The van der Waals surface area contributed by atoms with Crippen LogP contribution in [0, 0.1) is 5.82 Å². The van der Waals surface area contributed by atoms with E-state index in [0.717, 1.165) is 12.1 Å². The van der Waals surface area contributed by atoms with Gasteiger partial charge in [0.25, 0.3) is 0 Å². The van der Waals surface area contributed by atoms with Gasteiger partial charge in [0.1, 0.15) is 5.82 Å². The summed E-state index contributed by atoms with van der Waals surface area (Å²) >= 11 is 6.05. The Bertz CT molecular complexity index is 405. The van der Waals surface area contributed by atoms with E-state index in [1.165, 1.54) is 12.1 Å². The number of benzene rings is 1. The fourth-order valence-corrected chi connectivity index (χ4v) is 1.85. The highest BCUT2D eigenvalue weighted by Crippen LogP contribution is 2.24. The second kappa shape index (κ2) is 6.00. The van der Waals surface area contributed by atoms with Gasteiger partial charge in [0.2, 0.25) is 0 Å². The molecule has 1 aromatic carbocycles. The van der Waals surface area contributed by atoms with Gasteiger partial charge in [-0.1, -0.05) is 17.7 Å². The first-order valence-electron chi connectivity index (χ1n) is 6.10. The largest absolute Gasteiger partial charge is 0.308 e. The number of halogens is 2. The third-order valence-electron chi connectivity index (χ3n) is 3.48. The van der Waals surface area contributed by atoms with Gasteiger partial charge < -0.3 is 10.2 Å². The van der Waals surface area contributed by atoms with E-state index < -0.39 is 0 Å². The van der Waals surface area contributed by atoms with Crippen molar-refractivity contribution >= 4 is 11.6 Å². The number of likely N-dealkylation sites (N-methyl/N-ethyl adjacent to an activating group) is 1. The van der Waals surface area contributed by atoms with E-state index in [-0.39, 0.29) is 17.4 Å². The average molecular weight is 273 g/mol. The van der Waals surface area contributed by atoms with Crippen molar-refractivity contribution in [2.45, 2.75) is 32.4 Å². The van der Waals surface area contributed by atoms with Gasteiger partial charge in [0.05, 0.1) is 0 Å². The zero-order valence-electron chi connectivity index (χ0n) is 11.7. The van der Waals surface area contributed by atoms with E-state index >= 15 is 0 Å². The predicted octanol–water partition coefficient (Wildman–Crippen LogP) is 3.47. The van der Waals surface area contributed by atoms with Gasteiger partial charge >= 0.3 is 0 Å². The number of nitrogens with zero attached hydrogens (tertiary/aromatic N) is 1. The number of rotatable bonds is 5. The van der Waals surface area contributed by atoms with Crippen molar-refractivity contribution in [1.29, 1.82) is 0 Å². The fraction of sp³-hybridized carbons (Fsp3) is 0.571. The molecule has 4 heteroatoms. The van der Waals surface area contributed by atoms with Gasteiger partial charge in [-0.2, -0.15) is 0 Å². The van der Waals surface area contributed by atoms with Crippen LogP contribution in [0.1, 0.15) is 32.4 Å². The van der Waals surface area contributed by atoms with Crippen LogP contribution in [0.25, 0.3) is 0 Å². The minimum atomic E-state index is -0.301. The zero-order chi connectivity index (χ0) is 13.9. The van der Waals surface area contributed by atoms with Crippen LogP contribution in [0.2, 0.25) is 5.02 Å². The van der Waals surface area contributed by atoms with E-state index in [1.54, 1.807) is 6.07 Å². The molecule has 0 aliphatic heterocycles. The van der Waals surface area contributed by atoms with Crippen LogP contribution in [0.5, 0.6) is 0 Å². The molecule has 0 saturated carbocycles. The van der Waals surface area contributed by atoms with Crippen LogP contribution in [-0.2, 0) is 0 Å². The second-order valence-electron chi connectivity index (χ2n) is 5.48. The van der Waals surface area contributed by atoms with Gasteiger partial charge in [-0.05, 0) is 52.6 Å². The van der Waals surface area contributed by atoms with Gasteiger partial charge in [-0.25, -0.2) is 4.39 Å². The summed E-state index contributed by atoms with van der Waals surface area (Å²) in [5, 5.41) is 3.90. The third kappa shape index (κ3) is 3.94. The molecule has 1 rings (SSSR count). The zero-order valence-corrected chi connectivity index (χ0v) is 12.5. The summed E-state index contributed by atoms with van der Waals surface area (Å²) in [6.07, 6.45) is 0. The normalized spacial score (nSPS) is 14.0. The maximum absolute atomic E-state index is 13.0. The lowest BCUT2D eigenvalue weighted by Gasteiger charge is -2.34. The molecule has 0 heterocycles. The smallest absolute Gasteiger partial charge is 0.124 e. The van der Waals surface area contributed by atoms with Gasteiger partial charge in [-0.15, -0.1) is 0 Å². The van der Waals surface area contributed by atoms with Crippen LogP contribution < -0.4 is 5.32 Å². The lowest BCUT2D eigenvalue weighted by atomic mass is 10.0. The van der Waals surface area contributed by atoms with E-state index in [9.17, 15) is 4.39 Å². The summed E-state index contributed by atoms with van der Waals surface area (Å²) < 4.78 is 13.0. The van der Waals surface area contributed by atoms with Crippen molar-refractivity contribution in [2.75, 3.05) is 20.6 Å². The first kappa shape index (κ1) is 15.4. The highest BCUT2D eigenvalue weighted by atomic mass is 35.5. The molecule has 0 aliphatic carbocycles. The predicted molar refractivity (Wildman–Crippen MR) is 75.6 cm³/mol. The number of hydrogen-bond acceptors (Lipinski definition) is 2. The SMILES string of the molecule is CC(NCC(C)(C)N(C)C)c1ccc(F)cc1Cl. The molecule has 1 N–H and O–H groups in total. The van der Waals surface area contributed by atoms with Gasteiger partial charge in [0.15, 0.2) is 0 Å². The Kier molecular flexibility index (Phi) is 5.14. The fourth-order valence-electron chi connectivity index (χ4n) is 1.52. The number of hydrogen-bond donors (Lipinski definition) is 1. The molecule has 18 heavy (non-hydrogen) atoms. The average Bonchev–Trinajstić information content (AvgIpc) is 2.25. The van der Waals surface area contributed by atoms with Gasteiger partial charge in [-0.3, -0.25) is 0 Å². The molecule has 0 radical (unpaired) electrons. The van der Waals surface area contributed by atoms with Crippen molar-refractivity contribution in [2.24, 2.45) is 0 Å². The molecule has 1 unspecified atom stereocenters. The van der Waals surface area contributed by atoms with Crippen molar-refractivity contribution < 1.29 is 4.39 Å². The summed E-state index contributed by atoms with van der Waals surface area (Å²) in [4.78, 5) is 2.17. The highest BCUT2D eigenvalue weighted by molar-refractivity contribution is 6.31. The van der Waals surface area contributed by atoms with Crippen LogP contribution >= 0.6 is 11.6 Å². The molecule has 1 aromatic rings. The van der Waals surface area contributed by atoms with Crippen LogP contribution in [-0.4, -0.2) is 31.1 Å². The molecule has 0 spiro atoms. The van der Waals surface area contributed by atoms with Crippen molar-refractivity contribution in [3.63, 3.8) is 0 Å². The minimum Gasteiger partial charge on any atom is -0.308 e. The Labute approximate surface area is 114 Å². The Hall–Kier alpha value is -0.640. The first-order valence-corrected chi connectivity index (χ1v) is 6.47. The Balaban J connectivity index is 2.69. The van der Waals surface area contributed by atoms with Crippen LogP contribution in [0.15, 0.2) is 18.2 Å². The van der Waals surface area contributed by atoms with E-state index in [1.807, 2.05) is 6.92 Å². The highest BCUT2D eigenvalue weighted by Gasteiger charge is 2.21. The quantitative estimate of drug-likeness (QED) is 0.883. The molecule has 102 valence electrons. The molecule has 0 aliphatic rings. The molecular weight excluding hydrogens is 251 g/mol. The molecule has 1 atom stereocenters. The molecule has 0 aromatic heterocycles. The Morgan fingerprint density at radius 3 is 2.50 bits per heavy atom. The molecule has 0 amide bonds. The lowest BCUT2D eigenvalue weighted by Crippen LogP contribution is -2.47. The summed E-state index contributed by atoms with van der Waals surface area (Å²) in [6, 6.07) is 4.62. The maximum Gasteiger partial charge on any atom is 0.124 e. The molecule has 0 saturated heterocycles. The molecular formula is C14H22ClFN2. The van der Waals surface area contributed by atoms with Crippen LogP contribution in [0.3, 0.4) is 0 Å². The molecule has 0 fully saturated rings. The minimum absolute atomic E-state index is 0.0563. The van der Waals surface area contributed by atoms with Crippen LogP contribution in [0.4, 0.5) is 4.39 Å². The van der Waals surface area contributed by atoms with E-state index in [2.05, 4.69) is 38.2 Å². The second-order valence-corrected chi connectivity index (χ2v) is 5.88. The molecule has 2 nitrogen and oxygen atoms in total. The Morgan fingerprint density at radius 1 is 1.39 bits per heavy atom. The van der Waals surface area contributed by atoms with E-state index in [0.29, 0.717) is 5.02 Å². The maximum atomic E-state index is 13.0. The summed E-state index contributed by atoms with van der Waals surface area (Å²) in [5.41, 5.74) is 0.980. The third-order valence-corrected chi connectivity index (χ3v) is 3.81. The monoisotopic (exact) mass is 272 g/mol. The Morgan fingerprint density at radius 2 is 2.00 bits per heavy atom. The first-order chi connectivity index (χ1) is 8.24. The summed E-state index contributed by atoms with van der Waals surface area (Å²) in [7, 11) is 4.11. The summed E-state index contributed by atoms with van der Waals surface area (Å²) in [5.74, 6) is -0.301. The topological polar surface area (TPSA) is 15.3 Å². The standard InChI is InChI=1S/C14H22ClFN2/c1-10(17-9-14(2,3)18(4)5)12-7-6-11(16)8-13(12)15/h6-8,10,17H,9H2,1-5H3. The number of nitrogens with one attached hydrogen (secondary N) is 1. The lowest BCUT2D eigenvalue weighted by molar-refractivity contribution is 0.185. The van der Waals surface area contributed by atoms with Gasteiger partial charge in [0, 0.05) is 23.1 Å². The molecule has 0 bridgehead atoms. The van der Waals surface area contributed by atoms with Crippen molar-refractivity contribution in [3.05, 3.63) is 34.6 Å².